The second-order valence-electron chi connectivity index (χ2n) is 6.53. The lowest BCUT2D eigenvalue weighted by molar-refractivity contribution is 0.122. The van der Waals surface area contributed by atoms with Crippen LogP contribution in [0.15, 0.2) is 17.8 Å². The van der Waals surface area contributed by atoms with Crippen molar-refractivity contribution < 1.29 is 4.74 Å². The van der Waals surface area contributed by atoms with Gasteiger partial charge in [0.2, 0.25) is 0 Å². The van der Waals surface area contributed by atoms with Crippen LogP contribution in [-0.2, 0) is 10.2 Å². The number of ether oxygens (including phenoxy) is 1. The number of morpholine rings is 1. The van der Waals surface area contributed by atoms with Crippen molar-refractivity contribution in [3.8, 4) is 6.07 Å². The first-order valence-electron chi connectivity index (χ1n) is 8.42. The summed E-state index contributed by atoms with van der Waals surface area (Å²) in [7, 11) is 0. The maximum atomic E-state index is 9.59. The Kier molecular flexibility index (Phi) is 6.31. The molecule has 8 nitrogen and oxygen atoms in total. The van der Waals surface area contributed by atoms with Crippen LogP contribution in [0.25, 0.3) is 0 Å². The van der Waals surface area contributed by atoms with Crippen molar-refractivity contribution in [2.45, 2.75) is 19.3 Å². The third-order valence-electron chi connectivity index (χ3n) is 4.23. The van der Waals surface area contributed by atoms with Crippen molar-refractivity contribution in [2.75, 3.05) is 43.1 Å². The molecule has 0 radical (unpaired) electrons. The summed E-state index contributed by atoms with van der Waals surface area (Å²) < 4.78 is 5.40. The smallest absolute Gasteiger partial charge is 0.137 e. The van der Waals surface area contributed by atoms with Gasteiger partial charge in [-0.1, -0.05) is 0 Å². The molecule has 0 unspecified atom stereocenters. The molecule has 0 atom stereocenters. The lowest BCUT2D eigenvalue weighted by atomic mass is 9.83. The van der Waals surface area contributed by atoms with Gasteiger partial charge in [-0.05, 0) is 31.6 Å². The van der Waals surface area contributed by atoms with Crippen molar-refractivity contribution in [3.63, 3.8) is 0 Å². The van der Waals surface area contributed by atoms with Gasteiger partial charge in [-0.2, -0.15) is 5.26 Å². The zero-order valence-corrected chi connectivity index (χ0v) is 15.2. The molecule has 1 saturated heterocycles. The van der Waals surface area contributed by atoms with Crippen LogP contribution in [0.5, 0.6) is 0 Å². The van der Waals surface area contributed by atoms with Crippen LogP contribution in [0.2, 0.25) is 0 Å². The highest BCUT2D eigenvalue weighted by atomic mass is 16.5. The van der Waals surface area contributed by atoms with Crippen molar-refractivity contribution in [2.24, 2.45) is 5.73 Å². The number of hydrogen-bond acceptors (Lipinski definition) is 8. The molecule has 1 aromatic rings. The van der Waals surface area contributed by atoms with E-state index in [0.717, 1.165) is 30.7 Å². The zero-order valence-electron chi connectivity index (χ0n) is 15.2. The van der Waals surface area contributed by atoms with Gasteiger partial charge < -0.3 is 31.5 Å². The topological polar surface area (TPSA) is 135 Å². The molecule has 0 aromatic carbocycles. The van der Waals surface area contributed by atoms with Crippen LogP contribution in [-0.4, -0.2) is 50.3 Å². The summed E-state index contributed by atoms with van der Waals surface area (Å²) in [6.45, 7) is 6.64. The molecule has 0 saturated carbocycles. The number of nitrogens with one attached hydrogen (secondary N) is 3. The fourth-order valence-electron chi connectivity index (χ4n) is 2.71. The van der Waals surface area contributed by atoms with E-state index in [0.29, 0.717) is 36.8 Å². The largest absolute Gasteiger partial charge is 0.401 e. The molecule has 26 heavy (non-hydrogen) atoms. The van der Waals surface area contributed by atoms with Gasteiger partial charge in [0.25, 0.3) is 0 Å². The fourth-order valence-corrected chi connectivity index (χ4v) is 2.71. The van der Waals surface area contributed by atoms with E-state index in [1.807, 2.05) is 19.9 Å². The monoisotopic (exact) mass is 355 g/mol. The van der Waals surface area contributed by atoms with Crippen LogP contribution < -0.4 is 16.0 Å². The van der Waals surface area contributed by atoms with E-state index in [9.17, 15) is 5.26 Å². The Morgan fingerprint density at radius 2 is 2.15 bits per heavy atom. The Bertz CT molecular complexity index is 743. The van der Waals surface area contributed by atoms with Crippen LogP contribution in [0.3, 0.4) is 0 Å². The van der Waals surface area contributed by atoms with Gasteiger partial charge in [-0.15, -0.1) is 0 Å². The summed E-state index contributed by atoms with van der Waals surface area (Å²) in [6, 6.07) is 4.19. The second kappa shape index (κ2) is 8.45. The first kappa shape index (κ1) is 19.4. The van der Waals surface area contributed by atoms with E-state index < -0.39 is 5.41 Å². The highest BCUT2D eigenvalue weighted by Crippen LogP contribution is 2.32. The lowest BCUT2D eigenvalue weighted by Crippen LogP contribution is -2.37. The van der Waals surface area contributed by atoms with E-state index in [-0.39, 0.29) is 0 Å². The average molecular weight is 355 g/mol. The van der Waals surface area contributed by atoms with E-state index in [1.54, 1.807) is 0 Å². The highest BCUT2D eigenvalue weighted by molar-refractivity contribution is 5.88. The summed E-state index contributed by atoms with van der Waals surface area (Å²) in [5.41, 5.74) is 6.85. The summed E-state index contributed by atoms with van der Waals surface area (Å²) in [4.78, 5) is 6.77. The van der Waals surface area contributed by atoms with Crippen molar-refractivity contribution >= 4 is 24.1 Å². The number of anilines is 2. The number of allylic oxidation sites excluding steroid dienone is 1. The molecule has 1 aliphatic heterocycles. The molecule has 1 aromatic heterocycles. The molecule has 1 fully saturated rings. The number of rotatable bonds is 7. The van der Waals surface area contributed by atoms with E-state index in [1.165, 1.54) is 12.3 Å². The Hall–Kier alpha value is -2.92. The van der Waals surface area contributed by atoms with Gasteiger partial charge in [0, 0.05) is 36.8 Å². The van der Waals surface area contributed by atoms with Gasteiger partial charge in [0.1, 0.15) is 11.6 Å². The maximum Gasteiger partial charge on any atom is 0.137 e. The average Bonchev–Trinajstić information content (AvgIpc) is 2.66. The molecule has 8 heteroatoms. The maximum absolute atomic E-state index is 9.59. The molecule has 2 heterocycles. The number of nitrogens with two attached hydrogens (primary N) is 1. The van der Waals surface area contributed by atoms with Gasteiger partial charge in [-0.3, -0.25) is 0 Å². The predicted octanol–water partition coefficient (Wildman–Crippen LogP) is 1.62. The SMILES string of the molecule is CC(C)(C#N)c1cc(N2CCOCC2)nc(NC/C(N)=C/C=N)c1C=N. The standard InChI is InChI=1S/C18H25N7O/c1-18(2,12-21)15-9-16(25-5-7-26-8-6-25)24-17(14(15)10-20)23-11-13(22)3-4-19/h3-4,9-10,19-20H,5-8,11,22H2,1-2H3,(H,23,24)/b13-3-,19-4?,20-10?. The molecular weight excluding hydrogens is 330 g/mol. The van der Waals surface area contributed by atoms with Crippen LogP contribution in [0.1, 0.15) is 25.0 Å². The number of pyridine rings is 1. The Morgan fingerprint density at radius 1 is 1.46 bits per heavy atom. The van der Waals surface area contributed by atoms with Gasteiger partial charge >= 0.3 is 0 Å². The number of nitriles is 1. The van der Waals surface area contributed by atoms with Gasteiger partial charge in [0.15, 0.2) is 0 Å². The van der Waals surface area contributed by atoms with Gasteiger partial charge in [0.05, 0.1) is 31.2 Å². The summed E-state index contributed by atoms with van der Waals surface area (Å²) in [5, 5.41) is 27.7. The van der Waals surface area contributed by atoms with Crippen molar-refractivity contribution in [1.82, 2.24) is 4.98 Å². The molecule has 2 rings (SSSR count). The van der Waals surface area contributed by atoms with E-state index >= 15 is 0 Å². The molecule has 0 aliphatic carbocycles. The summed E-state index contributed by atoms with van der Waals surface area (Å²) in [6.07, 6.45) is 3.82. The normalized spacial score (nSPS) is 15.3. The minimum absolute atomic E-state index is 0.294. The van der Waals surface area contributed by atoms with Crippen LogP contribution in [0.4, 0.5) is 11.6 Å². The fraction of sp³-hybridized carbons (Fsp3) is 0.444. The number of nitrogens with zero attached hydrogens (tertiary/aromatic N) is 3. The van der Waals surface area contributed by atoms with Gasteiger partial charge in [-0.25, -0.2) is 4.98 Å². The molecule has 1 aliphatic rings. The zero-order chi connectivity index (χ0) is 19.2. The minimum atomic E-state index is -0.774. The quantitative estimate of drug-likeness (QED) is 0.549. The predicted molar refractivity (Wildman–Crippen MR) is 103 cm³/mol. The molecular formula is C18H25N7O. The summed E-state index contributed by atoms with van der Waals surface area (Å²) >= 11 is 0. The van der Waals surface area contributed by atoms with Crippen LogP contribution >= 0.6 is 0 Å². The van der Waals surface area contributed by atoms with E-state index in [2.05, 4.69) is 21.3 Å². The molecule has 138 valence electrons. The molecule has 5 N–H and O–H groups in total. The molecule has 0 amide bonds. The van der Waals surface area contributed by atoms with E-state index in [4.69, 9.17) is 21.3 Å². The van der Waals surface area contributed by atoms with Crippen LogP contribution in [0, 0.1) is 22.1 Å². The Balaban J connectivity index is 2.50. The Morgan fingerprint density at radius 3 is 2.73 bits per heavy atom. The summed E-state index contributed by atoms with van der Waals surface area (Å²) in [5.74, 6) is 1.25. The minimum Gasteiger partial charge on any atom is -0.401 e. The third-order valence-corrected chi connectivity index (χ3v) is 4.23. The van der Waals surface area contributed by atoms with Crippen molar-refractivity contribution in [3.05, 3.63) is 29.0 Å². The molecule has 0 bridgehead atoms. The molecule has 0 spiro atoms. The second-order valence-corrected chi connectivity index (χ2v) is 6.53. The Labute approximate surface area is 153 Å². The number of hydrogen-bond donors (Lipinski definition) is 4. The first-order chi connectivity index (χ1) is 12.4. The number of aromatic nitrogens is 1. The highest BCUT2D eigenvalue weighted by Gasteiger charge is 2.27. The lowest BCUT2D eigenvalue weighted by Gasteiger charge is -2.30. The first-order valence-corrected chi connectivity index (χ1v) is 8.42. The third kappa shape index (κ3) is 4.37. The van der Waals surface area contributed by atoms with Crippen molar-refractivity contribution in [1.29, 1.82) is 16.1 Å².